The quantitative estimate of drug-likeness (QED) is 0.154. The molecule has 0 saturated heterocycles. The van der Waals surface area contributed by atoms with Gasteiger partial charge in [-0.25, -0.2) is 13.2 Å². The van der Waals surface area contributed by atoms with Crippen LogP contribution >= 0.6 is 113 Å². The molecule has 0 aliphatic carbocycles. The normalized spacial score (nSPS) is 10.2. The maximum Gasteiger partial charge on any atom is 0.179 e. The van der Waals surface area contributed by atoms with Crippen molar-refractivity contribution in [2.24, 2.45) is 0 Å². The molecule has 0 radical (unpaired) electrons. The molecule has 0 aromatic carbocycles. The van der Waals surface area contributed by atoms with Crippen LogP contribution in [0.3, 0.4) is 0 Å². The van der Waals surface area contributed by atoms with Gasteiger partial charge in [0.15, 0.2) is 15.4 Å². The Morgan fingerprint density at radius 3 is 0.718 bits per heavy atom. The summed E-state index contributed by atoms with van der Waals surface area (Å²) in [6, 6.07) is 18.3. The summed E-state index contributed by atoms with van der Waals surface area (Å²) in [6.07, 6.45) is 0. The molecule has 0 fully saturated rings. The van der Waals surface area contributed by atoms with Crippen LogP contribution in [-0.2, 0) is 0 Å². The van der Waals surface area contributed by atoms with E-state index in [0.29, 0.717) is 28.5 Å². The van der Waals surface area contributed by atoms with Gasteiger partial charge in [0.1, 0.15) is 17.5 Å². The highest BCUT2D eigenvalue weighted by atomic mass is 32.1. The Kier molecular flexibility index (Phi) is 37.7. The first-order chi connectivity index (χ1) is 39.4. The Morgan fingerprint density at radius 1 is 0.247 bits per heavy atom. The molecule has 10 heterocycles. The molecule has 0 unspecified atom stereocenters. The van der Waals surface area contributed by atoms with Crippen molar-refractivity contribution < 1.29 is 26.3 Å². The van der Waals surface area contributed by atoms with Crippen molar-refractivity contribution >= 4 is 113 Å². The van der Waals surface area contributed by atoms with E-state index in [4.69, 9.17) is 0 Å². The van der Waals surface area contributed by atoms with Crippen LogP contribution < -0.4 is 0 Å². The predicted octanol–water partition coefficient (Wildman–Crippen LogP) is 28.1. The molecule has 10 rings (SSSR count). The zero-order valence-corrected chi connectivity index (χ0v) is 62.8. The highest BCUT2D eigenvalue weighted by Gasteiger charge is 2.09. The number of hydrogen-bond acceptors (Lipinski definition) is 10. The standard InChI is InChI=1S/2C9H14S.C8H11FS.C8H12S.C7H10S.2C6H7FS.C6H8S.C5H4F2S.C5H5FS/c2*1-6(2)9-5-7(3)10-8(9)4;1-5(2)7-4-8(9)10-6(7)3;1-6(2)8-4-5-9-7(8)3;1-5-4-6(2)8-7(5)3;1-4-3-6(7)5(2)8-4;1-4-3-6(7)8-5(4)2;1-5-3-4-7-6(5)2;1-3-4(6)2-5(7)8-3;1-4-5(6)2-3-7-4/h2*5-6H,1-4H3;4-5H,1-3H3;4-6H,1-3H3;4H,1-3H3;2*3H,1-2H3;3-4H,1-2H3;2H,1H3;2-3H,1H3. The summed E-state index contributed by atoms with van der Waals surface area (Å²) < 4.78 is 73.3. The molecule has 0 N–H and O–H groups in total. The van der Waals surface area contributed by atoms with Gasteiger partial charge < -0.3 is 0 Å². The van der Waals surface area contributed by atoms with E-state index in [1.54, 1.807) is 55.7 Å². The lowest BCUT2D eigenvalue weighted by atomic mass is 10.0. The van der Waals surface area contributed by atoms with Gasteiger partial charge >= 0.3 is 0 Å². The van der Waals surface area contributed by atoms with Crippen molar-refractivity contribution in [3.8, 4) is 0 Å². The Labute approximate surface area is 548 Å². The second kappa shape index (κ2) is 40.3. The second-order valence-electron chi connectivity index (χ2n) is 21.4. The first-order valence-electron chi connectivity index (χ1n) is 28.0. The fourth-order valence-corrected chi connectivity index (χ4v) is 15.9. The lowest BCUT2D eigenvalue weighted by Crippen LogP contribution is -1.84. The van der Waals surface area contributed by atoms with E-state index in [9.17, 15) is 26.3 Å². The number of hydrogen-bond donors (Lipinski definition) is 0. The molecule has 0 spiro atoms. The summed E-state index contributed by atoms with van der Waals surface area (Å²) in [5.41, 5.74) is 9.55. The predicted molar refractivity (Wildman–Crippen MR) is 380 cm³/mol. The molecular formula is C69H92F6S10. The monoisotopic (exact) mass is 1350 g/mol. The first-order valence-corrected chi connectivity index (χ1v) is 36.3. The van der Waals surface area contributed by atoms with Gasteiger partial charge in [-0.1, -0.05) is 55.4 Å². The minimum atomic E-state index is -0.458. The van der Waals surface area contributed by atoms with E-state index in [1.165, 1.54) is 118 Å². The number of rotatable bonds is 4. The molecule has 16 heteroatoms. The SMILES string of the molecule is Cc1cc(C(C)C)c(C)s1.Cc1cc(C(C)C)c(C)s1.Cc1cc(C)c(C)s1.Cc1cc(F)c(C)s1.Cc1cc(F)sc1C.Cc1ccsc1C.Cc1sc(F)cc1C(C)C.Cc1sc(F)cc1F.Cc1sccc1C(C)C.Cc1sccc1F. The molecule has 10 aromatic rings. The average Bonchev–Trinajstić information content (AvgIpc) is 4.35. The lowest BCUT2D eigenvalue weighted by Gasteiger charge is -2.01. The summed E-state index contributed by atoms with van der Waals surface area (Å²) in [5, 5.41) is 5.40. The van der Waals surface area contributed by atoms with E-state index in [1.807, 2.05) is 73.0 Å². The van der Waals surface area contributed by atoms with E-state index in [-0.39, 0.29) is 21.9 Å². The second-order valence-corrected chi connectivity index (χ2v) is 34.3. The summed E-state index contributed by atoms with van der Waals surface area (Å²) in [7, 11) is 0. The van der Waals surface area contributed by atoms with Crippen LogP contribution in [0.15, 0.2) is 76.8 Å². The fourth-order valence-electron chi connectivity index (χ4n) is 7.60. The van der Waals surface area contributed by atoms with Crippen molar-refractivity contribution in [3.63, 3.8) is 0 Å². The van der Waals surface area contributed by atoms with Gasteiger partial charge in [-0.05, 0) is 251 Å². The van der Waals surface area contributed by atoms with Crippen LogP contribution in [0, 0.1) is 151 Å². The van der Waals surface area contributed by atoms with Crippen molar-refractivity contribution in [2.45, 2.75) is 197 Å². The van der Waals surface area contributed by atoms with Gasteiger partial charge in [0.2, 0.25) is 0 Å². The van der Waals surface area contributed by atoms with Crippen molar-refractivity contribution in [2.75, 3.05) is 0 Å². The smallest absolute Gasteiger partial charge is 0.179 e. The molecule has 0 bridgehead atoms. The third-order valence-corrected chi connectivity index (χ3v) is 21.8. The summed E-state index contributed by atoms with van der Waals surface area (Å²) in [5.74, 6) is 1.89. The average molecular weight is 1360 g/mol. The number of aryl methyl sites for hydroxylation is 17. The van der Waals surface area contributed by atoms with Gasteiger partial charge in [-0.2, -0.15) is 13.2 Å². The molecule has 0 amide bonds. The van der Waals surface area contributed by atoms with Crippen molar-refractivity contribution in [1.29, 1.82) is 0 Å². The molecule has 0 saturated carbocycles. The molecule has 0 nitrogen and oxygen atoms in total. The van der Waals surface area contributed by atoms with Gasteiger partial charge in [-0.15, -0.1) is 113 Å². The van der Waals surface area contributed by atoms with E-state index in [2.05, 4.69) is 166 Å². The van der Waals surface area contributed by atoms with E-state index >= 15 is 0 Å². The van der Waals surface area contributed by atoms with Gasteiger partial charge in [0, 0.05) is 74.3 Å². The largest absolute Gasteiger partial charge is 0.206 e. The molecule has 0 atom stereocenters. The van der Waals surface area contributed by atoms with Crippen LogP contribution in [0.1, 0.15) is 186 Å². The lowest BCUT2D eigenvalue weighted by molar-refractivity contribution is 0.605. The van der Waals surface area contributed by atoms with Crippen molar-refractivity contribution in [1.82, 2.24) is 0 Å². The van der Waals surface area contributed by atoms with Crippen LogP contribution in [0.2, 0.25) is 0 Å². The topological polar surface area (TPSA) is 0 Å². The van der Waals surface area contributed by atoms with Crippen LogP contribution in [0.25, 0.3) is 0 Å². The fraction of sp³-hybridized carbons (Fsp3) is 0.420. The Hall–Kier alpha value is -3.42. The van der Waals surface area contributed by atoms with E-state index in [0.717, 1.165) is 52.9 Å². The van der Waals surface area contributed by atoms with Gasteiger partial charge in [0.25, 0.3) is 0 Å². The Balaban J connectivity index is 0.000000473. The summed E-state index contributed by atoms with van der Waals surface area (Å²) >= 11 is 15.5. The van der Waals surface area contributed by atoms with Crippen LogP contribution in [-0.4, -0.2) is 0 Å². The highest BCUT2D eigenvalue weighted by Crippen LogP contribution is 2.30. The molecule has 0 aliphatic heterocycles. The summed E-state index contributed by atoms with van der Waals surface area (Å²) in [6.45, 7) is 52.0. The molecule has 10 aromatic heterocycles. The maximum absolute atomic E-state index is 12.6. The zero-order chi connectivity index (χ0) is 65.2. The number of halogens is 6. The van der Waals surface area contributed by atoms with Crippen LogP contribution in [0.5, 0.6) is 0 Å². The maximum atomic E-state index is 12.6. The molecule has 85 heavy (non-hydrogen) atoms. The first kappa shape index (κ1) is 79.6. The van der Waals surface area contributed by atoms with Gasteiger partial charge in [0.05, 0.1) is 0 Å². The third-order valence-electron chi connectivity index (χ3n) is 12.6. The molecule has 470 valence electrons. The highest BCUT2D eigenvalue weighted by molar-refractivity contribution is 7.13. The van der Waals surface area contributed by atoms with E-state index < -0.39 is 10.9 Å². The zero-order valence-electron chi connectivity index (χ0n) is 54.7. The number of thiophene rings is 10. The minimum Gasteiger partial charge on any atom is -0.206 e. The van der Waals surface area contributed by atoms with Crippen LogP contribution in [0.4, 0.5) is 26.3 Å². The summed E-state index contributed by atoms with van der Waals surface area (Å²) in [4.78, 5) is 16.7. The Bertz CT molecular complexity index is 2970. The van der Waals surface area contributed by atoms with Crippen molar-refractivity contribution in [3.05, 3.63) is 217 Å². The minimum absolute atomic E-state index is 0.0683. The Morgan fingerprint density at radius 2 is 0.576 bits per heavy atom. The van der Waals surface area contributed by atoms with Gasteiger partial charge in [-0.3, -0.25) is 0 Å². The molecule has 0 aliphatic rings. The molecular weight excluding hydrogens is 1260 g/mol. The third kappa shape index (κ3) is 31.1.